The molecule has 0 bridgehead atoms. The molecule has 3 heteroatoms. The van der Waals surface area contributed by atoms with Crippen LogP contribution in [0.5, 0.6) is 5.75 Å². The van der Waals surface area contributed by atoms with Crippen molar-refractivity contribution in [3.8, 4) is 11.8 Å². The molecule has 0 saturated carbocycles. The third kappa shape index (κ3) is 3.69. The highest BCUT2D eigenvalue weighted by atomic mass is 16.5. The maximum atomic E-state index is 11.3. The maximum Gasteiger partial charge on any atom is 0.159 e. The molecule has 2 rings (SSSR count). The lowest BCUT2D eigenvalue weighted by Gasteiger charge is -2.07. The number of benzene rings is 2. The van der Waals surface area contributed by atoms with Crippen LogP contribution < -0.4 is 4.74 Å². The van der Waals surface area contributed by atoms with Gasteiger partial charge in [-0.3, -0.25) is 4.79 Å². The van der Waals surface area contributed by atoms with Crippen LogP contribution >= 0.6 is 0 Å². The molecule has 0 unspecified atom stereocenters. The van der Waals surface area contributed by atoms with Gasteiger partial charge in [0.05, 0.1) is 18.2 Å². The van der Waals surface area contributed by atoms with Crippen molar-refractivity contribution < 1.29 is 9.53 Å². The quantitative estimate of drug-likeness (QED) is 0.779. The number of nitriles is 1. The Bertz CT molecular complexity index is 639. The number of carbonyl (C=O) groups excluding carboxylic acids is 1. The largest absolute Gasteiger partial charge is 0.493 e. The Morgan fingerprint density at radius 3 is 2.60 bits per heavy atom. The van der Waals surface area contributed by atoms with Crippen molar-refractivity contribution in [3.05, 3.63) is 65.2 Å². The highest BCUT2D eigenvalue weighted by molar-refractivity contribution is 5.94. The number of nitrogens with zero attached hydrogens (tertiary/aromatic N) is 1. The SMILES string of the molecule is CC(=O)c1cccc(CCOc2ccc(C#N)cc2)c1. The van der Waals surface area contributed by atoms with E-state index in [1.54, 1.807) is 31.2 Å². The van der Waals surface area contributed by atoms with Crippen molar-refractivity contribution in [2.24, 2.45) is 0 Å². The van der Waals surface area contributed by atoms with Gasteiger partial charge in [-0.1, -0.05) is 18.2 Å². The van der Waals surface area contributed by atoms with Gasteiger partial charge < -0.3 is 4.74 Å². The van der Waals surface area contributed by atoms with Gasteiger partial charge in [-0.05, 0) is 42.8 Å². The maximum absolute atomic E-state index is 11.3. The fourth-order valence-electron chi connectivity index (χ4n) is 1.86. The Kier molecular flexibility index (Phi) is 4.52. The minimum atomic E-state index is 0.0693. The first kappa shape index (κ1) is 13.8. The van der Waals surface area contributed by atoms with E-state index >= 15 is 0 Å². The third-order valence-electron chi connectivity index (χ3n) is 2.98. The van der Waals surface area contributed by atoms with Gasteiger partial charge in [-0.2, -0.15) is 5.26 Å². The standard InChI is InChI=1S/C17H15NO2/c1-13(19)16-4-2-3-14(11-16)9-10-20-17-7-5-15(12-18)6-8-17/h2-8,11H,9-10H2,1H3. The van der Waals surface area contributed by atoms with Crippen LogP contribution in [0.4, 0.5) is 0 Å². The summed E-state index contributed by atoms with van der Waals surface area (Å²) in [5.41, 5.74) is 2.42. The number of carbonyl (C=O) groups is 1. The van der Waals surface area contributed by atoms with E-state index in [1.165, 1.54) is 0 Å². The van der Waals surface area contributed by atoms with Crippen LogP contribution in [0.3, 0.4) is 0 Å². The zero-order chi connectivity index (χ0) is 14.4. The summed E-state index contributed by atoms with van der Waals surface area (Å²) in [6.07, 6.45) is 0.737. The molecule has 0 N–H and O–H groups in total. The number of hydrogen-bond donors (Lipinski definition) is 0. The Morgan fingerprint density at radius 1 is 1.20 bits per heavy atom. The Labute approximate surface area is 118 Å². The average molecular weight is 265 g/mol. The molecule has 0 heterocycles. The van der Waals surface area contributed by atoms with Crippen molar-refractivity contribution in [2.45, 2.75) is 13.3 Å². The van der Waals surface area contributed by atoms with Crippen LogP contribution in [0.1, 0.15) is 28.4 Å². The monoisotopic (exact) mass is 265 g/mol. The summed E-state index contributed by atoms with van der Waals surface area (Å²) in [5.74, 6) is 0.812. The van der Waals surface area contributed by atoms with Crippen molar-refractivity contribution in [2.75, 3.05) is 6.61 Å². The second-order valence-electron chi connectivity index (χ2n) is 4.49. The molecule has 0 spiro atoms. The van der Waals surface area contributed by atoms with Crippen molar-refractivity contribution in [1.82, 2.24) is 0 Å². The molecule has 0 saturated heterocycles. The van der Waals surface area contributed by atoms with Crippen molar-refractivity contribution >= 4 is 5.78 Å². The van der Waals surface area contributed by atoms with Crippen LogP contribution in [-0.4, -0.2) is 12.4 Å². The highest BCUT2D eigenvalue weighted by Gasteiger charge is 2.01. The summed E-state index contributed by atoms with van der Waals surface area (Å²) < 4.78 is 5.62. The Morgan fingerprint density at radius 2 is 1.95 bits per heavy atom. The molecule has 0 aliphatic rings. The Balaban J connectivity index is 1.90. The molecule has 2 aromatic rings. The van der Waals surface area contributed by atoms with Gasteiger partial charge in [0.15, 0.2) is 5.78 Å². The molecule has 20 heavy (non-hydrogen) atoms. The normalized spacial score (nSPS) is 9.80. The van der Waals surface area contributed by atoms with Gasteiger partial charge in [0, 0.05) is 12.0 Å². The predicted molar refractivity (Wildman–Crippen MR) is 76.8 cm³/mol. The van der Waals surface area contributed by atoms with Crippen LogP contribution in [0, 0.1) is 11.3 Å². The minimum absolute atomic E-state index is 0.0693. The zero-order valence-electron chi connectivity index (χ0n) is 11.3. The van der Waals surface area contributed by atoms with Crippen LogP contribution in [0.25, 0.3) is 0 Å². The van der Waals surface area contributed by atoms with Gasteiger partial charge in [0.1, 0.15) is 5.75 Å². The molecular formula is C17H15NO2. The number of hydrogen-bond acceptors (Lipinski definition) is 3. The number of ether oxygens (including phenoxy) is 1. The predicted octanol–water partition coefficient (Wildman–Crippen LogP) is 3.38. The summed E-state index contributed by atoms with van der Waals surface area (Å²) in [4.78, 5) is 11.3. The van der Waals surface area contributed by atoms with E-state index in [0.29, 0.717) is 12.2 Å². The molecule has 0 amide bonds. The first-order valence-electron chi connectivity index (χ1n) is 6.42. The molecule has 2 aromatic carbocycles. The summed E-state index contributed by atoms with van der Waals surface area (Å²) in [5, 5.41) is 8.71. The molecule has 0 fully saturated rings. The van der Waals surface area contributed by atoms with Gasteiger partial charge in [0.25, 0.3) is 0 Å². The minimum Gasteiger partial charge on any atom is -0.493 e. The van der Waals surface area contributed by atoms with Gasteiger partial charge >= 0.3 is 0 Å². The van der Waals surface area contributed by atoms with E-state index in [9.17, 15) is 4.79 Å². The first-order valence-corrected chi connectivity index (χ1v) is 6.42. The molecule has 0 aliphatic heterocycles. The lowest BCUT2D eigenvalue weighted by Crippen LogP contribution is -2.02. The number of rotatable bonds is 5. The molecule has 0 radical (unpaired) electrons. The number of Topliss-reactive ketones (excluding diaryl/α,β-unsaturated/α-hetero) is 1. The van der Waals surface area contributed by atoms with E-state index in [2.05, 4.69) is 6.07 Å². The summed E-state index contributed by atoms with van der Waals surface area (Å²) in [7, 11) is 0. The topological polar surface area (TPSA) is 50.1 Å². The van der Waals surface area contributed by atoms with Gasteiger partial charge in [-0.15, -0.1) is 0 Å². The van der Waals surface area contributed by atoms with Gasteiger partial charge in [-0.25, -0.2) is 0 Å². The Hall–Kier alpha value is -2.60. The second kappa shape index (κ2) is 6.53. The van der Waals surface area contributed by atoms with E-state index in [-0.39, 0.29) is 5.78 Å². The molecule has 0 atom stereocenters. The fraction of sp³-hybridized carbons (Fsp3) is 0.176. The first-order chi connectivity index (χ1) is 9.69. The fourth-order valence-corrected chi connectivity index (χ4v) is 1.86. The van der Waals surface area contributed by atoms with E-state index < -0.39 is 0 Å². The van der Waals surface area contributed by atoms with E-state index in [4.69, 9.17) is 10.00 Å². The average Bonchev–Trinajstić information content (AvgIpc) is 2.48. The van der Waals surface area contributed by atoms with Crippen LogP contribution in [0.2, 0.25) is 0 Å². The number of ketones is 1. The van der Waals surface area contributed by atoms with E-state index in [1.807, 2.05) is 24.3 Å². The summed E-state index contributed by atoms with van der Waals surface area (Å²) in [6.45, 7) is 2.10. The summed E-state index contributed by atoms with van der Waals surface area (Å²) >= 11 is 0. The molecule has 0 aliphatic carbocycles. The lowest BCUT2D eigenvalue weighted by molar-refractivity contribution is 0.101. The third-order valence-corrected chi connectivity index (χ3v) is 2.98. The molecular weight excluding hydrogens is 250 g/mol. The highest BCUT2D eigenvalue weighted by Crippen LogP contribution is 2.13. The summed E-state index contributed by atoms with van der Waals surface area (Å²) in [6, 6.07) is 16.7. The smallest absolute Gasteiger partial charge is 0.159 e. The molecule has 100 valence electrons. The van der Waals surface area contributed by atoms with Gasteiger partial charge in [0.2, 0.25) is 0 Å². The van der Waals surface area contributed by atoms with Crippen molar-refractivity contribution in [1.29, 1.82) is 5.26 Å². The van der Waals surface area contributed by atoms with Crippen molar-refractivity contribution in [3.63, 3.8) is 0 Å². The zero-order valence-corrected chi connectivity index (χ0v) is 11.3. The second-order valence-corrected chi connectivity index (χ2v) is 4.49. The molecule has 0 aromatic heterocycles. The van der Waals surface area contributed by atoms with Crippen LogP contribution in [0.15, 0.2) is 48.5 Å². The lowest BCUT2D eigenvalue weighted by atomic mass is 10.1. The van der Waals surface area contributed by atoms with Crippen LogP contribution in [-0.2, 0) is 6.42 Å². The van der Waals surface area contributed by atoms with E-state index in [0.717, 1.165) is 23.3 Å². The molecule has 3 nitrogen and oxygen atoms in total.